The largest absolute Gasteiger partial charge is 0.317 e. The smallest absolute Gasteiger partial charge is 0.241 e. The Morgan fingerprint density at radius 2 is 1.33 bits per heavy atom. The zero-order valence-electron chi connectivity index (χ0n) is 8.71. The lowest BCUT2D eigenvalue weighted by Crippen LogP contribution is -2.47. The van der Waals surface area contributed by atoms with Gasteiger partial charge in [0.15, 0.2) is 0 Å². The predicted molar refractivity (Wildman–Crippen MR) is 54.6 cm³/mol. The summed E-state index contributed by atoms with van der Waals surface area (Å²) in [6, 6.07) is 0. The molecule has 0 aromatic carbocycles. The molecule has 15 heavy (non-hydrogen) atoms. The summed E-state index contributed by atoms with van der Waals surface area (Å²) >= 11 is 0. The number of piperidine rings is 1. The Bertz CT molecular complexity index is 257. The third-order valence-electron chi connectivity index (χ3n) is 2.97. The number of hydrogen-bond donors (Lipinski definition) is 3. The Balaban J connectivity index is 1.68. The molecule has 1 saturated carbocycles. The third-order valence-corrected chi connectivity index (χ3v) is 2.97. The first-order valence-electron chi connectivity index (χ1n) is 5.58. The number of hydrogen-bond acceptors (Lipinski definition) is 3. The molecule has 0 unspecified atom stereocenters. The van der Waals surface area contributed by atoms with E-state index in [1.54, 1.807) is 0 Å². The van der Waals surface area contributed by atoms with E-state index in [1.165, 1.54) is 0 Å². The van der Waals surface area contributed by atoms with Crippen LogP contribution in [0.25, 0.3) is 0 Å². The zero-order chi connectivity index (χ0) is 10.7. The predicted octanol–water partition coefficient (Wildman–Crippen LogP) is -0.457. The summed E-state index contributed by atoms with van der Waals surface area (Å²) in [6.07, 6.45) is 3.61. The molecule has 5 heteroatoms. The topological polar surface area (TPSA) is 70.2 Å². The first kappa shape index (κ1) is 10.4. The normalized spacial score (nSPS) is 22.1. The van der Waals surface area contributed by atoms with Crippen LogP contribution in [0.15, 0.2) is 0 Å². The molecule has 0 aromatic rings. The van der Waals surface area contributed by atoms with E-state index in [0.29, 0.717) is 0 Å². The molecule has 2 aliphatic rings. The standard InChI is InChI=1S/C10H17N3O2/c14-9(7-1-2-7)12-13-10(15)8-3-5-11-6-4-8/h7-8,11H,1-6H2,(H,12,14)(H,13,15). The maximum atomic E-state index is 11.6. The van der Waals surface area contributed by atoms with Crippen molar-refractivity contribution in [3.8, 4) is 0 Å². The lowest BCUT2D eigenvalue weighted by atomic mass is 9.98. The minimum Gasteiger partial charge on any atom is -0.317 e. The van der Waals surface area contributed by atoms with E-state index in [0.717, 1.165) is 38.8 Å². The van der Waals surface area contributed by atoms with Crippen LogP contribution < -0.4 is 16.2 Å². The van der Waals surface area contributed by atoms with Gasteiger partial charge in [0, 0.05) is 11.8 Å². The van der Waals surface area contributed by atoms with Crippen LogP contribution in [0.4, 0.5) is 0 Å². The molecule has 0 atom stereocenters. The van der Waals surface area contributed by atoms with Crippen molar-refractivity contribution in [2.75, 3.05) is 13.1 Å². The van der Waals surface area contributed by atoms with Crippen LogP contribution in [-0.2, 0) is 9.59 Å². The molecule has 2 rings (SSSR count). The van der Waals surface area contributed by atoms with Crippen LogP contribution >= 0.6 is 0 Å². The summed E-state index contributed by atoms with van der Waals surface area (Å²) < 4.78 is 0. The van der Waals surface area contributed by atoms with Gasteiger partial charge in [-0.25, -0.2) is 0 Å². The molecule has 1 saturated heterocycles. The Labute approximate surface area is 89.0 Å². The molecular formula is C10H17N3O2. The highest BCUT2D eigenvalue weighted by Gasteiger charge is 2.30. The summed E-state index contributed by atoms with van der Waals surface area (Å²) in [7, 11) is 0. The average molecular weight is 211 g/mol. The number of amides is 2. The van der Waals surface area contributed by atoms with Gasteiger partial charge in [-0.1, -0.05) is 0 Å². The molecule has 1 heterocycles. The summed E-state index contributed by atoms with van der Waals surface area (Å²) in [5, 5.41) is 3.20. The van der Waals surface area contributed by atoms with Crippen molar-refractivity contribution in [2.24, 2.45) is 11.8 Å². The second-order valence-electron chi connectivity index (χ2n) is 4.28. The molecule has 1 aliphatic heterocycles. The van der Waals surface area contributed by atoms with Crippen LogP contribution in [-0.4, -0.2) is 24.9 Å². The second-order valence-corrected chi connectivity index (χ2v) is 4.28. The number of carbonyl (C=O) groups excluding carboxylic acids is 2. The fourth-order valence-corrected chi connectivity index (χ4v) is 1.76. The molecule has 2 amide bonds. The van der Waals surface area contributed by atoms with Gasteiger partial charge in [-0.15, -0.1) is 0 Å². The number of nitrogens with one attached hydrogen (secondary N) is 3. The first-order chi connectivity index (χ1) is 7.27. The second kappa shape index (κ2) is 4.61. The highest BCUT2D eigenvalue weighted by atomic mass is 16.2. The summed E-state index contributed by atoms with van der Waals surface area (Å²) in [5.74, 6) is 0.0897. The molecule has 5 nitrogen and oxygen atoms in total. The summed E-state index contributed by atoms with van der Waals surface area (Å²) in [5.41, 5.74) is 4.99. The fourth-order valence-electron chi connectivity index (χ4n) is 1.76. The van der Waals surface area contributed by atoms with E-state index in [4.69, 9.17) is 0 Å². The molecule has 3 N–H and O–H groups in total. The van der Waals surface area contributed by atoms with Crippen LogP contribution in [0.5, 0.6) is 0 Å². The van der Waals surface area contributed by atoms with Gasteiger partial charge in [0.1, 0.15) is 0 Å². The Hall–Kier alpha value is -1.10. The molecule has 0 bridgehead atoms. The minimum atomic E-state index is -0.0505. The Morgan fingerprint density at radius 3 is 1.80 bits per heavy atom. The lowest BCUT2D eigenvalue weighted by Gasteiger charge is -2.21. The Morgan fingerprint density at radius 1 is 0.867 bits per heavy atom. The van der Waals surface area contributed by atoms with Crippen LogP contribution in [0, 0.1) is 11.8 Å². The van der Waals surface area contributed by atoms with Gasteiger partial charge < -0.3 is 5.32 Å². The fraction of sp³-hybridized carbons (Fsp3) is 0.800. The molecular weight excluding hydrogens is 194 g/mol. The third kappa shape index (κ3) is 2.92. The summed E-state index contributed by atoms with van der Waals surface area (Å²) in [4.78, 5) is 22.8. The molecule has 0 radical (unpaired) electrons. The Kier molecular flexibility index (Phi) is 3.20. The van der Waals surface area contributed by atoms with Gasteiger partial charge in [0.05, 0.1) is 0 Å². The quantitative estimate of drug-likeness (QED) is 0.541. The van der Waals surface area contributed by atoms with E-state index in [1.807, 2.05) is 0 Å². The van der Waals surface area contributed by atoms with Crippen LogP contribution in [0.3, 0.4) is 0 Å². The minimum absolute atomic E-state index is 0.0442. The summed E-state index contributed by atoms with van der Waals surface area (Å²) in [6.45, 7) is 1.77. The van der Waals surface area contributed by atoms with Crippen molar-refractivity contribution in [1.29, 1.82) is 0 Å². The van der Waals surface area contributed by atoms with E-state index in [-0.39, 0.29) is 23.7 Å². The van der Waals surface area contributed by atoms with Crippen molar-refractivity contribution in [3.63, 3.8) is 0 Å². The van der Waals surface area contributed by atoms with E-state index >= 15 is 0 Å². The monoisotopic (exact) mass is 211 g/mol. The van der Waals surface area contributed by atoms with E-state index in [9.17, 15) is 9.59 Å². The maximum Gasteiger partial charge on any atom is 0.241 e. The number of hydrazine groups is 1. The van der Waals surface area contributed by atoms with Gasteiger partial charge in [0.25, 0.3) is 0 Å². The number of carbonyl (C=O) groups is 2. The van der Waals surface area contributed by atoms with Gasteiger partial charge in [-0.2, -0.15) is 0 Å². The van der Waals surface area contributed by atoms with Gasteiger partial charge in [-0.05, 0) is 38.8 Å². The van der Waals surface area contributed by atoms with Crippen molar-refractivity contribution in [2.45, 2.75) is 25.7 Å². The maximum absolute atomic E-state index is 11.6. The molecule has 0 spiro atoms. The van der Waals surface area contributed by atoms with Gasteiger partial charge in [-0.3, -0.25) is 20.4 Å². The zero-order valence-corrected chi connectivity index (χ0v) is 8.71. The number of rotatable bonds is 2. The van der Waals surface area contributed by atoms with Gasteiger partial charge in [0.2, 0.25) is 11.8 Å². The van der Waals surface area contributed by atoms with Crippen molar-refractivity contribution in [3.05, 3.63) is 0 Å². The molecule has 1 aliphatic carbocycles. The van der Waals surface area contributed by atoms with E-state index in [2.05, 4.69) is 16.2 Å². The lowest BCUT2D eigenvalue weighted by molar-refractivity contribution is -0.132. The van der Waals surface area contributed by atoms with E-state index < -0.39 is 0 Å². The average Bonchev–Trinajstić information content (AvgIpc) is 3.10. The first-order valence-corrected chi connectivity index (χ1v) is 5.58. The van der Waals surface area contributed by atoms with Gasteiger partial charge >= 0.3 is 0 Å². The van der Waals surface area contributed by atoms with Crippen molar-refractivity contribution >= 4 is 11.8 Å². The molecule has 2 fully saturated rings. The highest BCUT2D eigenvalue weighted by Crippen LogP contribution is 2.28. The van der Waals surface area contributed by atoms with Crippen LogP contribution in [0.1, 0.15) is 25.7 Å². The molecule has 84 valence electrons. The molecule has 0 aromatic heterocycles. The van der Waals surface area contributed by atoms with Crippen molar-refractivity contribution in [1.82, 2.24) is 16.2 Å². The highest BCUT2D eigenvalue weighted by molar-refractivity contribution is 5.85. The van der Waals surface area contributed by atoms with Crippen molar-refractivity contribution < 1.29 is 9.59 Å². The SMILES string of the molecule is O=C(NNC(=O)C1CC1)C1CCNCC1. The van der Waals surface area contributed by atoms with Crippen LogP contribution in [0.2, 0.25) is 0 Å².